The highest BCUT2D eigenvalue weighted by atomic mass is 19.4. The lowest BCUT2D eigenvalue weighted by Crippen LogP contribution is -2.16. The van der Waals surface area contributed by atoms with Gasteiger partial charge in [0.1, 0.15) is 11.5 Å². The Morgan fingerprint density at radius 2 is 1.74 bits per heavy atom. The zero-order chi connectivity index (χ0) is 25.0. The SMILES string of the molecule is Cc1cc(OC(C)c2oc(-c3ccc(OC(F)(F)F)cc3)nc2C(C)C)ccc1CCC(=O)O. The number of hydrogen-bond donors (Lipinski definition) is 1. The van der Waals surface area contributed by atoms with Gasteiger partial charge in [0.2, 0.25) is 5.89 Å². The van der Waals surface area contributed by atoms with E-state index < -0.39 is 18.4 Å². The van der Waals surface area contributed by atoms with E-state index in [-0.39, 0.29) is 24.0 Å². The molecule has 1 aromatic heterocycles. The van der Waals surface area contributed by atoms with Gasteiger partial charge < -0.3 is 19.0 Å². The largest absolute Gasteiger partial charge is 0.573 e. The normalized spacial score (nSPS) is 12.6. The molecule has 182 valence electrons. The number of aliphatic carboxylic acids is 1. The van der Waals surface area contributed by atoms with E-state index >= 15 is 0 Å². The Morgan fingerprint density at radius 3 is 2.29 bits per heavy atom. The molecule has 3 aromatic rings. The lowest BCUT2D eigenvalue weighted by Gasteiger charge is -2.16. The minimum atomic E-state index is -4.76. The topological polar surface area (TPSA) is 81.8 Å². The molecule has 0 radical (unpaired) electrons. The van der Waals surface area contributed by atoms with Gasteiger partial charge in [-0.2, -0.15) is 0 Å². The molecule has 6 nitrogen and oxygen atoms in total. The van der Waals surface area contributed by atoms with Crippen LogP contribution in [0.1, 0.15) is 61.8 Å². The molecule has 0 saturated heterocycles. The summed E-state index contributed by atoms with van der Waals surface area (Å²) in [6, 6.07) is 10.8. The highest BCUT2D eigenvalue weighted by molar-refractivity contribution is 5.67. The molecule has 0 aliphatic heterocycles. The van der Waals surface area contributed by atoms with Crippen molar-refractivity contribution in [1.82, 2.24) is 4.98 Å². The van der Waals surface area contributed by atoms with E-state index in [1.807, 2.05) is 39.8 Å². The number of benzene rings is 2. The first-order chi connectivity index (χ1) is 15.9. The van der Waals surface area contributed by atoms with Crippen molar-refractivity contribution in [2.45, 2.75) is 58.9 Å². The molecular weight excluding hydrogens is 451 g/mol. The molecule has 0 bridgehead atoms. The first-order valence-corrected chi connectivity index (χ1v) is 10.8. The van der Waals surface area contributed by atoms with E-state index in [0.717, 1.165) is 11.1 Å². The van der Waals surface area contributed by atoms with E-state index in [0.29, 0.717) is 29.2 Å². The lowest BCUT2D eigenvalue weighted by molar-refractivity contribution is -0.274. The summed E-state index contributed by atoms with van der Waals surface area (Å²) in [6.07, 6.45) is -4.76. The number of carboxylic acid groups (broad SMARTS) is 1. The van der Waals surface area contributed by atoms with Crippen molar-refractivity contribution in [3.8, 4) is 23.0 Å². The Labute approximate surface area is 195 Å². The molecule has 0 aliphatic carbocycles. The molecular formula is C25H26F3NO5. The van der Waals surface area contributed by atoms with Crippen molar-refractivity contribution in [2.24, 2.45) is 0 Å². The van der Waals surface area contributed by atoms with Gasteiger partial charge in [-0.1, -0.05) is 19.9 Å². The second-order valence-corrected chi connectivity index (χ2v) is 8.24. The summed E-state index contributed by atoms with van der Waals surface area (Å²) in [4.78, 5) is 15.4. The summed E-state index contributed by atoms with van der Waals surface area (Å²) >= 11 is 0. The third-order valence-corrected chi connectivity index (χ3v) is 5.17. The molecule has 0 aliphatic rings. The van der Waals surface area contributed by atoms with Crippen LogP contribution in [0.4, 0.5) is 13.2 Å². The Morgan fingerprint density at radius 1 is 1.09 bits per heavy atom. The van der Waals surface area contributed by atoms with Gasteiger partial charge in [-0.15, -0.1) is 13.2 Å². The van der Waals surface area contributed by atoms with Crippen molar-refractivity contribution >= 4 is 5.97 Å². The van der Waals surface area contributed by atoms with Crippen molar-refractivity contribution < 1.29 is 37.0 Å². The van der Waals surface area contributed by atoms with Crippen LogP contribution in [-0.4, -0.2) is 22.4 Å². The van der Waals surface area contributed by atoms with Gasteiger partial charge >= 0.3 is 12.3 Å². The van der Waals surface area contributed by atoms with Crippen LogP contribution >= 0.6 is 0 Å². The molecule has 1 heterocycles. The van der Waals surface area contributed by atoms with Crippen molar-refractivity contribution in [3.63, 3.8) is 0 Å². The number of oxazole rings is 1. The van der Waals surface area contributed by atoms with Gasteiger partial charge in [0, 0.05) is 12.0 Å². The van der Waals surface area contributed by atoms with Gasteiger partial charge in [0.25, 0.3) is 0 Å². The predicted molar refractivity (Wildman–Crippen MR) is 119 cm³/mol. The Bertz CT molecular complexity index is 1140. The number of aromatic nitrogens is 1. The van der Waals surface area contributed by atoms with E-state index in [1.54, 1.807) is 6.07 Å². The monoisotopic (exact) mass is 477 g/mol. The fraction of sp³-hybridized carbons (Fsp3) is 0.360. The molecule has 1 atom stereocenters. The maximum atomic E-state index is 12.4. The van der Waals surface area contributed by atoms with Gasteiger partial charge in [0.05, 0.1) is 5.69 Å². The van der Waals surface area contributed by atoms with Gasteiger partial charge in [0.15, 0.2) is 11.9 Å². The van der Waals surface area contributed by atoms with Crippen LogP contribution in [0.5, 0.6) is 11.5 Å². The number of alkyl halides is 3. The van der Waals surface area contributed by atoms with Crippen LogP contribution in [-0.2, 0) is 11.2 Å². The molecule has 1 unspecified atom stereocenters. The lowest BCUT2D eigenvalue weighted by atomic mass is 10.0. The molecule has 0 fully saturated rings. The number of rotatable bonds is 9. The van der Waals surface area contributed by atoms with E-state index in [9.17, 15) is 18.0 Å². The van der Waals surface area contributed by atoms with E-state index in [2.05, 4.69) is 9.72 Å². The number of nitrogens with zero attached hydrogens (tertiary/aromatic N) is 1. The summed E-state index contributed by atoms with van der Waals surface area (Å²) in [5.41, 5.74) is 3.06. The van der Waals surface area contributed by atoms with Gasteiger partial charge in [-0.05, 0) is 73.7 Å². The van der Waals surface area contributed by atoms with Crippen molar-refractivity contribution in [2.75, 3.05) is 0 Å². The van der Waals surface area contributed by atoms with Crippen LogP contribution in [0.2, 0.25) is 0 Å². The maximum Gasteiger partial charge on any atom is 0.573 e. The van der Waals surface area contributed by atoms with Gasteiger partial charge in [-0.3, -0.25) is 4.79 Å². The standard InChI is InChI=1S/C25H26F3NO5/c1-14(2)22-23(16(4)32-20-11-5-17(15(3)13-20)8-12-21(30)31)33-24(29-22)18-6-9-19(10-7-18)34-25(26,27)28/h5-7,9-11,13-14,16H,8,12H2,1-4H3,(H,30,31). The van der Waals surface area contributed by atoms with Crippen LogP contribution in [0, 0.1) is 6.92 Å². The predicted octanol–water partition coefficient (Wildman–Crippen LogP) is 6.83. The number of carbonyl (C=O) groups is 1. The Hall–Kier alpha value is -3.49. The smallest absolute Gasteiger partial charge is 0.483 e. The number of halogens is 3. The first kappa shape index (κ1) is 25.1. The molecule has 2 aromatic carbocycles. The summed E-state index contributed by atoms with van der Waals surface area (Å²) in [6.45, 7) is 7.64. The molecule has 0 amide bonds. The Kier molecular flexibility index (Phi) is 7.54. The average molecular weight is 477 g/mol. The molecule has 0 spiro atoms. The number of carboxylic acids is 1. The third-order valence-electron chi connectivity index (χ3n) is 5.17. The minimum absolute atomic E-state index is 0.0199. The zero-order valence-corrected chi connectivity index (χ0v) is 19.3. The highest BCUT2D eigenvalue weighted by Crippen LogP contribution is 2.34. The molecule has 0 saturated carbocycles. The summed E-state index contributed by atoms with van der Waals surface area (Å²) in [5, 5.41) is 8.89. The van der Waals surface area contributed by atoms with Crippen LogP contribution < -0.4 is 9.47 Å². The zero-order valence-electron chi connectivity index (χ0n) is 19.3. The molecule has 1 N–H and O–H groups in total. The second-order valence-electron chi connectivity index (χ2n) is 8.24. The Balaban J connectivity index is 1.80. The van der Waals surface area contributed by atoms with Crippen molar-refractivity contribution in [3.05, 3.63) is 65.0 Å². The summed E-state index contributed by atoms with van der Waals surface area (Å²) in [5.74, 6) is 0.238. The maximum absolute atomic E-state index is 12.4. The number of ether oxygens (including phenoxy) is 2. The third kappa shape index (κ3) is 6.52. The van der Waals surface area contributed by atoms with Crippen LogP contribution in [0.25, 0.3) is 11.5 Å². The molecule has 9 heteroatoms. The van der Waals surface area contributed by atoms with Crippen LogP contribution in [0.15, 0.2) is 46.9 Å². The quantitative estimate of drug-likeness (QED) is 0.364. The number of aryl methyl sites for hydroxylation is 2. The highest BCUT2D eigenvalue weighted by Gasteiger charge is 2.31. The van der Waals surface area contributed by atoms with Crippen molar-refractivity contribution in [1.29, 1.82) is 0 Å². The fourth-order valence-electron chi connectivity index (χ4n) is 3.49. The number of hydrogen-bond acceptors (Lipinski definition) is 5. The first-order valence-electron chi connectivity index (χ1n) is 10.8. The van der Waals surface area contributed by atoms with E-state index in [4.69, 9.17) is 14.3 Å². The molecule has 34 heavy (non-hydrogen) atoms. The van der Waals surface area contributed by atoms with Gasteiger partial charge in [-0.25, -0.2) is 4.98 Å². The summed E-state index contributed by atoms with van der Waals surface area (Å²) < 4.78 is 53.2. The fourth-order valence-corrected chi connectivity index (χ4v) is 3.49. The van der Waals surface area contributed by atoms with E-state index in [1.165, 1.54) is 24.3 Å². The average Bonchev–Trinajstić information content (AvgIpc) is 3.18. The molecule has 3 rings (SSSR count). The van der Waals surface area contributed by atoms with Crippen LogP contribution in [0.3, 0.4) is 0 Å². The summed E-state index contributed by atoms with van der Waals surface area (Å²) in [7, 11) is 0. The minimum Gasteiger partial charge on any atom is -0.483 e. The second kappa shape index (κ2) is 10.2.